The Bertz CT molecular complexity index is 749. The van der Waals surface area contributed by atoms with Gasteiger partial charge in [0.25, 0.3) is 0 Å². The van der Waals surface area contributed by atoms with Gasteiger partial charge >= 0.3 is 0 Å². The molecule has 1 atom stereocenters. The molecule has 0 saturated heterocycles. The number of phenols is 1. The fraction of sp³-hybridized carbons (Fsp3) is 0.526. The van der Waals surface area contributed by atoms with Crippen LogP contribution in [0.1, 0.15) is 43.9 Å². The molecule has 1 heterocycles. The summed E-state index contributed by atoms with van der Waals surface area (Å²) in [5.41, 5.74) is 2.97. The molecule has 0 aliphatic heterocycles. The molecule has 0 fully saturated rings. The summed E-state index contributed by atoms with van der Waals surface area (Å²) in [6.07, 6.45) is 2.60. The number of aryl methyl sites for hydroxylation is 1. The van der Waals surface area contributed by atoms with Crippen LogP contribution in [-0.2, 0) is 17.8 Å². The molecule has 1 aliphatic rings. The van der Waals surface area contributed by atoms with E-state index in [4.69, 9.17) is 0 Å². The van der Waals surface area contributed by atoms with Crippen molar-refractivity contribution in [3.05, 3.63) is 29.5 Å². The average molecular weight is 332 g/mol. The average Bonchev–Trinajstić information content (AvgIpc) is 2.90. The van der Waals surface area contributed by atoms with E-state index in [1.165, 1.54) is 0 Å². The second kappa shape index (κ2) is 6.83. The number of alkyl halides is 1. The van der Waals surface area contributed by atoms with Gasteiger partial charge in [0.2, 0.25) is 5.91 Å². The Morgan fingerprint density at radius 2 is 2.12 bits per heavy atom. The SMILES string of the molecule is CCN(CC)C(=O)C1CCCc2c1c1cc(O)ccc1n2CCF. The van der Waals surface area contributed by atoms with Crippen molar-refractivity contribution in [2.75, 3.05) is 19.8 Å². The van der Waals surface area contributed by atoms with Crippen molar-refractivity contribution in [2.45, 2.75) is 45.6 Å². The molecule has 2 aromatic rings. The summed E-state index contributed by atoms with van der Waals surface area (Å²) >= 11 is 0. The molecule has 1 aromatic heterocycles. The van der Waals surface area contributed by atoms with Gasteiger partial charge in [-0.15, -0.1) is 0 Å². The second-order valence-electron chi connectivity index (χ2n) is 6.36. The summed E-state index contributed by atoms with van der Waals surface area (Å²) in [4.78, 5) is 14.9. The Balaban J connectivity index is 2.18. The first-order valence-corrected chi connectivity index (χ1v) is 8.81. The number of fused-ring (bicyclic) bond motifs is 3. The van der Waals surface area contributed by atoms with Crippen LogP contribution in [0.4, 0.5) is 4.39 Å². The van der Waals surface area contributed by atoms with E-state index in [1.54, 1.807) is 12.1 Å². The van der Waals surface area contributed by atoms with E-state index in [2.05, 4.69) is 0 Å². The van der Waals surface area contributed by atoms with Crippen molar-refractivity contribution >= 4 is 16.8 Å². The predicted octanol–water partition coefficient (Wildman–Crippen LogP) is 3.60. The number of amides is 1. The highest BCUT2D eigenvalue weighted by Crippen LogP contribution is 2.41. The van der Waals surface area contributed by atoms with E-state index in [1.807, 2.05) is 29.4 Å². The zero-order valence-corrected chi connectivity index (χ0v) is 14.4. The Hall–Kier alpha value is -2.04. The van der Waals surface area contributed by atoms with Gasteiger partial charge in [0.05, 0.1) is 12.5 Å². The van der Waals surface area contributed by atoms with E-state index in [0.29, 0.717) is 19.6 Å². The second-order valence-corrected chi connectivity index (χ2v) is 6.36. The molecule has 5 heteroatoms. The van der Waals surface area contributed by atoms with E-state index >= 15 is 0 Å². The molecule has 0 radical (unpaired) electrons. The number of hydrogen-bond donors (Lipinski definition) is 1. The highest BCUT2D eigenvalue weighted by atomic mass is 19.1. The van der Waals surface area contributed by atoms with Crippen LogP contribution in [0.3, 0.4) is 0 Å². The highest BCUT2D eigenvalue weighted by Gasteiger charge is 2.33. The Morgan fingerprint density at radius 3 is 2.79 bits per heavy atom. The summed E-state index contributed by atoms with van der Waals surface area (Å²) in [5, 5.41) is 10.8. The zero-order valence-electron chi connectivity index (χ0n) is 14.4. The van der Waals surface area contributed by atoms with Gasteiger partial charge in [-0.05, 0) is 56.9 Å². The number of aromatic hydroxyl groups is 1. The number of hydrogen-bond acceptors (Lipinski definition) is 2. The summed E-state index contributed by atoms with van der Waals surface area (Å²) in [5.74, 6) is 0.129. The lowest BCUT2D eigenvalue weighted by atomic mass is 9.84. The number of nitrogens with zero attached hydrogens (tertiary/aromatic N) is 2. The Labute approximate surface area is 141 Å². The molecule has 4 nitrogen and oxygen atoms in total. The number of carbonyl (C=O) groups is 1. The molecular formula is C19H25FN2O2. The maximum Gasteiger partial charge on any atom is 0.230 e. The molecule has 1 aliphatic carbocycles. The van der Waals surface area contributed by atoms with Gasteiger partial charge in [-0.25, -0.2) is 4.39 Å². The monoisotopic (exact) mass is 332 g/mol. The number of carbonyl (C=O) groups excluding carboxylic acids is 1. The zero-order chi connectivity index (χ0) is 17.3. The number of rotatable bonds is 5. The maximum atomic E-state index is 13.1. The summed E-state index contributed by atoms with van der Waals surface area (Å²) in [7, 11) is 0. The van der Waals surface area contributed by atoms with Crippen LogP contribution in [0.25, 0.3) is 10.9 Å². The number of aromatic nitrogens is 1. The van der Waals surface area contributed by atoms with Crippen molar-refractivity contribution in [3.63, 3.8) is 0 Å². The van der Waals surface area contributed by atoms with Gasteiger partial charge in [-0.2, -0.15) is 0 Å². The topological polar surface area (TPSA) is 45.5 Å². The summed E-state index contributed by atoms with van der Waals surface area (Å²) in [6, 6.07) is 5.18. The number of likely N-dealkylation sites (N-methyl/N-ethyl adjacent to an activating group) is 1. The van der Waals surface area contributed by atoms with E-state index in [-0.39, 0.29) is 17.6 Å². The molecule has 0 spiro atoms. The quantitative estimate of drug-likeness (QED) is 0.909. The van der Waals surface area contributed by atoms with Gasteiger partial charge in [0.1, 0.15) is 12.4 Å². The largest absolute Gasteiger partial charge is 0.508 e. The standard InChI is InChI=1S/C19H25FN2O2/c1-3-21(4-2)19(24)14-6-5-7-17-18(14)15-12-13(23)8-9-16(15)22(17)11-10-20/h8-9,12,14,23H,3-7,10-11H2,1-2H3. The molecule has 24 heavy (non-hydrogen) atoms. The molecule has 0 saturated carbocycles. The van der Waals surface area contributed by atoms with Crippen molar-refractivity contribution in [1.82, 2.24) is 9.47 Å². The molecule has 1 N–H and O–H groups in total. The third-order valence-electron chi connectivity index (χ3n) is 5.13. The minimum atomic E-state index is -0.439. The smallest absolute Gasteiger partial charge is 0.230 e. The number of benzene rings is 1. The van der Waals surface area contributed by atoms with Gasteiger partial charge in [0, 0.05) is 29.7 Å². The first-order chi connectivity index (χ1) is 11.6. The number of phenolic OH excluding ortho intramolecular Hbond substituents is 1. The van der Waals surface area contributed by atoms with Gasteiger partial charge < -0.3 is 14.6 Å². The van der Waals surface area contributed by atoms with Crippen LogP contribution in [0.15, 0.2) is 18.2 Å². The van der Waals surface area contributed by atoms with Crippen molar-refractivity contribution in [3.8, 4) is 5.75 Å². The fourth-order valence-electron chi connectivity index (χ4n) is 4.04. The summed E-state index contributed by atoms with van der Waals surface area (Å²) < 4.78 is 15.1. The van der Waals surface area contributed by atoms with Crippen LogP contribution in [-0.4, -0.2) is 40.2 Å². The highest BCUT2D eigenvalue weighted by molar-refractivity contribution is 5.94. The summed E-state index contributed by atoms with van der Waals surface area (Å²) in [6.45, 7) is 5.21. The van der Waals surface area contributed by atoms with Gasteiger partial charge in [-0.3, -0.25) is 4.79 Å². The number of halogens is 1. The molecule has 1 aromatic carbocycles. The minimum absolute atomic E-state index is 0.142. The van der Waals surface area contributed by atoms with Crippen LogP contribution in [0.2, 0.25) is 0 Å². The van der Waals surface area contributed by atoms with Crippen LogP contribution in [0, 0.1) is 0 Å². The van der Waals surface area contributed by atoms with Crippen LogP contribution in [0.5, 0.6) is 5.75 Å². The maximum absolute atomic E-state index is 13.1. The van der Waals surface area contributed by atoms with E-state index in [0.717, 1.165) is 41.4 Å². The van der Waals surface area contributed by atoms with Crippen molar-refractivity contribution in [2.24, 2.45) is 0 Å². The van der Waals surface area contributed by atoms with Gasteiger partial charge in [0.15, 0.2) is 0 Å². The molecule has 1 unspecified atom stereocenters. The lowest BCUT2D eigenvalue weighted by molar-refractivity contribution is -0.132. The fourth-order valence-corrected chi connectivity index (χ4v) is 4.04. The lowest BCUT2D eigenvalue weighted by Crippen LogP contribution is -2.36. The van der Waals surface area contributed by atoms with Crippen molar-refractivity contribution < 1.29 is 14.3 Å². The predicted molar refractivity (Wildman–Crippen MR) is 93.2 cm³/mol. The minimum Gasteiger partial charge on any atom is -0.508 e. The molecule has 0 bridgehead atoms. The third-order valence-corrected chi connectivity index (χ3v) is 5.13. The third kappa shape index (κ3) is 2.66. The van der Waals surface area contributed by atoms with Crippen LogP contribution >= 0.6 is 0 Å². The molecule has 3 rings (SSSR count). The van der Waals surface area contributed by atoms with E-state index < -0.39 is 6.67 Å². The van der Waals surface area contributed by atoms with Gasteiger partial charge in [-0.1, -0.05) is 0 Å². The lowest BCUT2D eigenvalue weighted by Gasteiger charge is -2.29. The first-order valence-electron chi connectivity index (χ1n) is 8.81. The Kier molecular flexibility index (Phi) is 4.78. The van der Waals surface area contributed by atoms with Crippen molar-refractivity contribution in [1.29, 1.82) is 0 Å². The van der Waals surface area contributed by atoms with E-state index in [9.17, 15) is 14.3 Å². The van der Waals surface area contributed by atoms with Crippen LogP contribution < -0.4 is 0 Å². The Morgan fingerprint density at radius 1 is 1.38 bits per heavy atom. The molecule has 130 valence electrons. The first kappa shape index (κ1) is 16.8. The normalized spacial score (nSPS) is 17.0. The molecular weight excluding hydrogens is 307 g/mol. The molecule has 1 amide bonds.